The lowest BCUT2D eigenvalue weighted by molar-refractivity contribution is -0.142. The third-order valence-electron chi connectivity index (χ3n) is 4.14. The summed E-state index contributed by atoms with van der Waals surface area (Å²) in [6.07, 6.45) is 4.05. The van der Waals surface area contributed by atoms with Gasteiger partial charge in [0.05, 0.1) is 6.04 Å². The molecule has 1 aromatic carbocycles. The molecule has 0 heterocycles. The number of aliphatic carboxylic acids is 1. The van der Waals surface area contributed by atoms with Crippen LogP contribution in [0.3, 0.4) is 0 Å². The highest BCUT2D eigenvalue weighted by molar-refractivity contribution is 7.98. The van der Waals surface area contributed by atoms with Gasteiger partial charge in [-0.2, -0.15) is 11.8 Å². The van der Waals surface area contributed by atoms with E-state index in [1.165, 1.54) is 5.56 Å². The maximum atomic E-state index is 12.3. The lowest BCUT2D eigenvalue weighted by Crippen LogP contribution is -2.50. The SMILES string of the molecule is CSCC[C@H](NC(=O)[C@H](N)C1CCc2ccccc21)C(=O)O. The fourth-order valence-corrected chi connectivity index (χ4v) is 3.38. The first-order valence-electron chi connectivity index (χ1n) is 7.40. The van der Waals surface area contributed by atoms with Gasteiger partial charge in [-0.05, 0) is 42.4 Å². The molecule has 1 unspecified atom stereocenters. The topological polar surface area (TPSA) is 92.4 Å². The van der Waals surface area contributed by atoms with E-state index in [0.717, 1.165) is 18.4 Å². The summed E-state index contributed by atoms with van der Waals surface area (Å²) in [4.78, 5) is 23.5. The first-order chi connectivity index (χ1) is 10.5. The molecule has 120 valence electrons. The zero-order valence-corrected chi connectivity index (χ0v) is 13.4. The second-order valence-corrected chi connectivity index (χ2v) is 6.54. The molecule has 0 fully saturated rings. The molecule has 1 aliphatic carbocycles. The van der Waals surface area contributed by atoms with Crippen LogP contribution in [-0.2, 0) is 16.0 Å². The number of thioether (sulfide) groups is 1. The van der Waals surface area contributed by atoms with Crippen molar-refractivity contribution < 1.29 is 14.7 Å². The minimum Gasteiger partial charge on any atom is -0.480 e. The van der Waals surface area contributed by atoms with Crippen LogP contribution in [0.4, 0.5) is 0 Å². The lowest BCUT2D eigenvalue weighted by Gasteiger charge is -2.22. The molecular weight excluding hydrogens is 300 g/mol. The van der Waals surface area contributed by atoms with Gasteiger partial charge in [-0.3, -0.25) is 4.79 Å². The van der Waals surface area contributed by atoms with Gasteiger partial charge in [0.15, 0.2) is 0 Å². The van der Waals surface area contributed by atoms with Crippen molar-refractivity contribution in [2.75, 3.05) is 12.0 Å². The molecule has 2 rings (SSSR count). The Bertz CT molecular complexity index is 550. The molecule has 6 heteroatoms. The zero-order chi connectivity index (χ0) is 16.1. The van der Waals surface area contributed by atoms with E-state index >= 15 is 0 Å². The van der Waals surface area contributed by atoms with E-state index < -0.39 is 18.1 Å². The third-order valence-corrected chi connectivity index (χ3v) is 4.78. The first-order valence-corrected chi connectivity index (χ1v) is 8.79. The maximum absolute atomic E-state index is 12.3. The minimum absolute atomic E-state index is 0.0359. The molecule has 3 atom stereocenters. The number of carboxylic acids is 1. The number of aryl methyl sites for hydroxylation is 1. The summed E-state index contributed by atoms with van der Waals surface area (Å²) in [5.74, 6) is -0.749. The van der Waals surface area contributed by atoms with Crippen LogP contribution in [0.1, 0.15) is 29.9 Å². The van der Waals surface area contributed by atoms with Gasteiger partial charge >= 0.3 is 5.97 Å². The van der Waals surface area contributed by atoms with Gasteiger partial charge in [-0.15, -0.1) is 0 Å². The maximum Gasteiger partial charge on any atom is 0.326 e. The number of nitrogens with one attached hydrogen (secondary N) is 1. The van der Waals surface area contributed by atoms with Crippen molar-refractivity contribution in [3.8, 4) is 0 Å². The van der Waals surface area contributed by atoms with Crippen LogP contribution in [0.15, 0.2) is 24.3 Å². The van der Waals surface area contributed by atoms with Crippen molar-refractivity contribution >= 4 is 23.6 Å². The van der Waals surface area contributed by atoms with Crippen LogP contribution in [-0.4, -0.2) is 41.1 Å². The highest BCUT2D eigenvalue weighted by atomic mass is 32.2. The van der Waals surface area contributed by atoms with Crippen LogP contribution in [0.5, 0.6) is 0 Å². The Hall–Kier alpha value is -1.53. The Labute approximate surface area is 134 Å². The fourth-order valence-electron chi connectivity index (χ4n) is 2.91. The summed E-state index contributed by atoms with van der Waals surface area (Å²) < 4.78 is 0. The number of amides is 1. The van der Waals surface area contributed by atoms with E-state index in [2.05, 4.69) is 11.4 Å². The molecule has 22 heavy (non-hydrogen) atoms. The summed E-state index contributed by atoms with van der Waals surface area (Å²) in [6.45, 7) is 0. The molecule has 1 aliphatic rings. The van der Waals surface area contributed by atoms with E-state index in [9.17, 15) is 14.7 Å². The molecule has 1 amide bonds. The average Bonchev–Trinajstić information content (AvgIpc) is 2.94. The monoisotopic (exact) mass is 322 g/mol. The second-order valence-electron chi connectivity index (χ2n) is 5.55. The minimum atomic E-state index is -1.01. The van der Waals surface area contributed by atoms with E-state index in [1.807, 2.05) is 24.5 Å². The molecule has 0 bridgehead atoms. The van der Waals surface area contributed by atoms with Crippen LogP contribution in [0.2, 0.25) is 0 Å². The molecule has 1 aromatic rings. The molecule has 0 saturated carbocycles. The number of nitrogens with two attached hydrogens (primary N) is 1. The summed E-state index contributed by atoms with van der Waals surface area (Å²) in [5, 5.41) is 11.8. The molecule has 4 N–H and O–H groups in total. The average molecular weight is 322 g/mol. The van der Waals surface area contributed by atoms with Crippen molar-refractivity contribution in [1.82, 2.24) is 5.32 Å². The largest absolute Gasteiger partial charge is 0.480 e. The number of fused-ring (bicyclic) bond motifs is 1. The van der Waals surface area contributed by atoms with Crippen LogP contribution in [0.25, 0.3) is 0 Å². The first kappa shape index (κ1) is 16.8. The van der Waals surface area contributed by atoms with Crippen LogP contribution in [0, 0.1) is 0 Å². The van der Waals surface area contributed by atoms with Crippen molar-refractivity contribution in [1.29, 1.82) is 0 Å². The Morgan fingerprint density at radius 2 is 2.18 bits per heavy atom. The van der Waals surface area contributed by atoms with Crippen molar-refractivity contribution in [3.63, 3.8) is 0 Å². The Balaban J connectivity index is 2.02. The van der Waals surface area contributed by atoms with E-state index in [1.54, 1.807) is 11.8 Å². The van der Waals surface area contributed by atoms with E-state index in [4.69, 9.17) is 5.73 Å². The van der Waals surface area contributed by atoms with Crippen LogP contribution >= 0.6 is 11.8 Å². The van der Waals surface area contributed by atoms with Gasteiger partial charge in [-0.25, -0.2) is 4.79 Å². The summed E-state index contributed by atoms with van der Waals surface area (Å²) >= 11 is 1.55. The van der Waals surface area contributed by atoms with Gasteiger partial charge in [0.2, 0.25) is 5.91 Å². The predicted molar refractivity (Wildman–Crippen MR) is 88.0 cm³/mol. The number of rotatable bonds is 7. The number of carboxylic acid groups (broad SMARTS) is 1. The highest BCUT2D eigenvalue weighted by Gasteiger charge is 2.33. The Kier molecular flexibility index (Phi) is 5.85. The van der Waals surface area contributed by atoms with Crippen LogP contribution < -0.4 is 11.1 Å². The van der Waals surface area contributed by atoms with Crippen molar-refractivity contribution in [3.05, 3.63) is 35.4 Å². The van der Waals surface area contributed by atoms with Gasteiger partial charge < -0.3 is 16.2 Å². The van der Waals surface area contributed by atoms with Gasteiger partial charge in [-0.1, -0.05) is 24.3 Å². The predicted octanol–water partition coefficient (Wildman–Crippen LogP) is 1.37. The van der Waals surface area contributed by atoms with Crippen molar-refractivity contribution in [2.24, 2.45) is 5.73 Å². The normalized spacial score (nSPS) is 19.3. The fraction of sp³-hybridized carbons (Fsp3) is 0.500. The Morgan fingerprint density at radius 3 is 2.86 bits per heavy atom. The van der Waals surface area contributed by atoms with E-state index in [-0.39, 0.29) is 11.8 Å². The zero-order valence-electron chi connectivity index (χ0n) is 12.6. The quantitative estimate of drug-likeness (QED) is 0.705. The number of carbonyl (C=O) groups is 2. The third kappa shape index (κ3) is 3.81. The smallest absolute Gasteiger partial charge is 0.326 e. The molecule has 0 spiro atoms. The molecule has 0 aromatic heterocycles. The lowest BCUT2D eigenvalue weighted by atomic mass is 9.93. The van der Waals surface area contributed by atoms with Gasteiger partial charge in [0.25, 0.3) is 0 Å². The molecular formula is C16H22N2O3S. The Morgan fingerprint density at radius 1 is 1.45 bits per heavy atom. The number of benzene rings is 1. The van der Waals surface area contributed by atoms with Gasteiger partial charge in [0, 0.05) is 5.92 Å². The summed E-state index contributed by atoms with van der Waals surface area (Å²) in [5.41, 5.74) is 8.45. The molecule has 5 nitrogen and oxygen atoms in total. The molecule has 0 radical (unpaired) electrons. The summed E-state index contributed by atoms with van der Waals surface area (Å²) in [7, 11) is 0. The van der Waals surface area contributed by atoms with Crippen molar-refractivity contribution in [2.45, 2.75) is 37.3 Å². The highest BCUT2D eigenvalue weighted by Crippen LogP contribution is 2.34. The number of carbonyl (C=O) groups excluding carboxylic acids is 1. The van der Waals surface area contributed by atoms with E-state index in [0.29, 0.717) is 12.2 Å². The molecule has 0 aliphatic heterocycles. The number of hydrogen-bond donors (Lipinski definition) is 3. The second kappa shape index (κ2) is 7.65. The summed E-state index contributed by atoms with van der Waals surface area (Å²) in [6, 6.07) is 6.40. The van der Waals surface area contributed by atoms with Gasteiger partial charge in [0.1, 0.15) is 6.04 Å². The number of hydrogen-bond acceptors (Lipinski definition) is 4. The standard InChI is InChI=1S/C16H22N2O3S/c1-22-9-8-13(16(20)21)18-15(19)14(17)12-7-6-10-4-2-3-5-11(10)12/h2-5,12-14H,6-9,17H2,1H3,(H,18,19)(H,20,21)/t12?,13-,14+/m0/s1. The molecule has 0 saturated heterocycles.